The molecule has 0 saturated carbocycles. The maximum Gasteiger partial charge on any atom is 0.261 e. The van der Waals surface area contributed by atoms with E-state index in [9.17, 15) is 4.79 Å². The van der Waals surface area contributed by atoms with Gasteiger partial charge in [0, 0.05) is 46.3 Å². The first-order chi connectivity index (χ1) is 12.7. The number of thiophene rings is 1. The highest BCUT2D eigenvalue weighted by Gasteiger charge is 2.24. The summed E-state index contributed by atoms with van der Waals surface area (Å²) in [5.74, 6) is 1.46. The molecule has 26 heavy (non-hydrogen) atoms. The molecule has 1 unspecified atom stereocenters. The quantitative estimate of drug-likeness (QED) is 0.364. The third-order valence-corrected chi connectivity index (χ3v) is 5.12. The monoisotopic (exact) mass is 382 g/mol. The first-order valence-electron chi connectivity index (χ1n) is 9.08. The van der Waals surface area contributed by atoms with Gasteiger partial charge in [-0.3, -0.25) is 9.79 Å². The molecule has 2 heterocycles. The Kier molecular flexibility index (Phi) is 9.44. The zero-order chi connectivity index (χ0) is 18.6. The molecule has 2 rings (SSSR count). The minimum Gasteiger partial charge on any atom is -0.382 e. The molecule has 1 fully saturated rings. The predicted octanol–water partition coefficient (Wildman–Crippen LogP) is 1.43. The molecule has 1 aliphatic rings. The molecule has 1 saturated heterocycles. The van der Waals surface area contributed by atoms with E-state index in [0.29, 0.717) is 25.7 Å². The Morgan fingerprint density at radius 1 is 1.38 bits per heavy atom. The number of amides is 1. The minimum atomic E-state index is 0.000222. The molecule has 8 heteroatoms. The summed E-state index contributed by atoms with van der Waals surface area (Å²) < 4.78 is 10.6. The first-order valence-corrected chi connectivity index (χ1v) is 9.96. The van der Waals surface area contributed by atoms with Crippen LogP contribution in [0.15, 0.2) is 22.5 Å². The molecular formula is C18H30N4O3S. The zero-order valence-electron chi connectivity index (χ0n) is 15.7. The molecule has 1 atom stereocenters. The lowest BCUT2D eigenvalue weighted by atomic mass is 10.1. The lowest BCUT2D eigenvalue weighted by molar-refractivity contribution is 0.0536. The molecule has 146 valence electrons. The van der Waals surface area contributed by atoms with Crippen molar-refractivity contribution in [3.05, 3.63) is 22.4 Å². The number of guanidine groups is 1. The summed E-state index contributed by atoms with van der Waals surface area (Å²) in [6.07, 6.45) is 1.97. The number of likely N-dealkylation sites (tertiary alicyclic amines) is 1. The van der Waals surface area contributed by atoms with Crippen LogP contribution in [0, 0.1) is 5.92 Å². The van der Waals surface area contributed by atoms with Crippen molar-refractivity contribution >= 4 is 23.2 Å². The van der Waals surface area contributed by atoms with Crippen molar-refractivity contribution in [1.82, 2.24) is 15.5 Å². The number of hydrogen-bond acceptors (Lipinski definition) is 5. The number of hydrogen-bond donors (Lipinski definition) is 2. The Labute approximate surface area is 159 Å². The molecule has 0 bridgehead atoms. The van der Waals surface area contributed by atoms with Gasteiger partial charge >= 0.3 is 0 Å². The normalized spacial score (nSPS) is 17.5. The van der Waals surface area contributed by atoms with Crippen molar-refractivity contribution in [3.63, 3.8) is 0 Å². The van der Waals surface area contributed by atoms with Crippen LogP contribution < -0.4 is 10.6 Å². The van der Waals surface area contributed by atoms with Gasteiger partial charge in [-0.15, -0.1) is 11.3 Å². The highest BCUT2D eigenvalue weighted by molar-refractivity contribution is 7.12. The van der Waals surface area contributed by atoms with E-state index < -0.39 is 0 Å². The van der Waals surface area contributed by atoms with Crippen molar-refractivity contribution in [3.8, 4) is 0 Å². The van der Waals surface area contributed by atoms with Gasteiger partial charge in [0.1, 0.15) is 0 Å². The largest absolute Gasteiger partial charge is 0.382 e. The second-order valence-corrected chi connectivity index (χ2v) is 7.18. The Morgan fingerprint density at radius 3 is 2.96 bits per heavy atom. The third kappa shape index (κ3) is 6.93. The molecule has 7 nitrogen and oxygen atoms in total. The van der Waals surface area contributed by atoms with E-state index in [0.717, 1.165) is 49.9 Å². The smallest absolute Gasteiger partial charge is 0.261 e. The average molecular weight is 383 g/mol. The molecule has 0 aromatic carbocycles. The highest BCUT2D eigenvalue weighted by atomic mass is 32.1. The number of aliphatic imine (C=N–C) groups is 1. The molecule has 0 aliphatic carbocycles. The third-order valence-electron chi connectivity index (χ3n) is 4.25. The Balaban J connectivity index is 1.58. The summed E-state index contributed by atoms with van der Waals surface area (Å²) in [4.78, 5) is 19.3. The number of nitrogens with one attached hydrogen (secondary N) is 2. The van der Waals surface area contributed by atoms with Crippen LogP contribution in [0.5, 0.6) is 0 Å². The van der Waals surface area contributed by atoms with Crippen molar-refractivity contribution < 1.29 is 14.3 Å². The molecule has 1 aromatic heterocycles. The molecule has 1 aromatic rings. The lowest BCUT2D eigenvalue weighted by Gasteiger charge is -2.21. The van der Waals surface area contributed by atoms with Gasteiger partial charge in [0.15, 0.2) is 5.96 Å². The van der Waals surface area contributed by atoms with Crippen LogP contribution in [0.1, 0.15) is 22.5 Å². The maximum atomic E-state index is 11.9. The van der Waals surface area contributed by atoms with E-state index in [1.54, 1.807) is 7.11 Å². The Morgan fingerprint density at radius 2 is 2.23 bits per heavy atom. The van der Waals surface area contributed by atoms with Gasteiger partial charge in [0.05, 0.1) is 24.7 Å². The van der Waals surface area contributed by atoms with Crippen LogP contribution in [0.25, 0.3) is 0 Å². The van der Waals surface area contributed by atoms with Gasteiger partial charge in [-0.2, -0.15) is 0 Å². The fraction of sp³-hybridized carbons (Fsp3) is 0.667. The number of methoxy groups -OCH3 is 1. The van der Waals surface area contributed by atoms with Gasteiger partial charge in [-0.1, -0.05) is 6.07 Å². The standard InChI is InChI=1S/C18H30N4O3S/c1-19-18(22-9-6-15(13-22)14-25-11-10-24-2)21-8-4-7-20-17(23)16-5-3-12-26-16/h3,5,12,15H,4,6-11,13-14H2,1-2H3,(H,19,21)(H,20,23). The lowest BCUT2D eigenvalue weighted by Crippen LogP contribution is -2.41. The van der Waals surface area contributed by atoms with Crippen molar-refractivity contribution in [2.24, 2.45) is 10.9 Å². The number of nitrogens with zero attached hydrogens (tertiary/aromatic N) is 2. The van der Waals surface area contributed by atoms with Crippen LogP contribution in [0.2, 0.25) is 0 Å². The second-order valence-electron chi connectivity index (χ2n) is 6.23. The van der Waals surface area contributed by atoms with Crippen LogP contribution in [-0.4, -0.2) is 76.9 Å². The van der Waals surface area contributed by atoms with Gasteiger partial charge in [0.25, 0.3) is 5.91 Å². The summed E-state index contributed by atoms with van der Waals surface area (Å²) in [5, 5.41) is 8.23. The summed E-state index contributed by atoms with van der Waals surface area (Å²) in [5.41, 5.74) is 0. The van der Waals surface area contributed by atoms with Crippen molar-refractivity contribution in [1.29, 1.82) is 0 Å². The van der Waals surface area contributed by atoms with E-state index in [-0.39, 0.29) is 5.91 Å². The van der Waals surface area contributed by atoms with E-state index in [1.165, 1.54) is 11.3 Å². The van der Waals surface area contributed by atoms with E-state index >= 15 is 0 Å². The van der Waals surface area contributed by atoms with Crippen LogP contribution >= 0.6 is 11.3 Å². The molecule has 1 amide bonds. The average Bonchev–Trinajstić information content (AvgIpc) is 3.34. The van der Waals surface area contributed by atoms with E-state index in [4.69, 9.17) is 9.47 Å². The first kappa shape index (κ1) is 20.7. The molecule has 0 radical (unpaired) electrons. The van der Waals surface area contributed by atoms with E-state index in [1.807, 2.05) is 24.6 Å². The van der Waals surface area contributed by atoms with E-state index in [2.05, 4.69) is 20.5 Å². The minimum absolute atomic E-state index is 0.000222. The second kappa shape index (κ2) is 11.9. The van der Waals surface area contributed by atoms with Gasteiger partial charge in [-0.05, 0) is 24.3 Å². The van der Waals surface area contributed by atoms with Gasteiger partial charge in [0.2, 0.25) is 0 Å². The van der Waals surface area contributed by atoms with Crippen LogP contribution in [-0.2, 0) is 9.47 Å². The molecule has 0 spiro atoms. The van der Waals surface area contributed by atoms with Crippen LogP contribution in [0.3, 0.4) is 0 Å². The number of rotatable bonds is 10. The topological polar surface area (TPSA) is 75.2 Å². The predicted molar refractivity (Wildman–Crippen MR) is 105 cm³/mol. The van der Waals surface area contributed by atoms with Crippen molar-refractivity contribution in [2.45, 2.75) is 12.8 Å². The summed E-state index contributed by atoms with van der Waals surface area (Å²) in [6.45, 7) is 5.44. The SMILES string of the molecule is CN=C(NCCCNC(=O)c1cccs1)N1CCC(COCCOC)C1. The number of ether oxygens (including phenoxy) is 2. The molecular weight excluding hydrogens is 352 g/mol. The number of carbonyl (C=O) groups excluding carboxylic acids is 1. The number of carbonyl (C=O) groups is 1. The zero-order valence-corrected chi connectivity index (χ0v) is 16.5. The van der Waals surface area contributed by atoms with Crippen LogP contribution in [0.4, 0.5) is 0 Å². The molecule has 1 aliphatic heterocycles. The Bertz CT molecular complexity index is 551. The molecule has 2 N–H and O–H groups in total. The van der Waals surface area contributed by atoms with Gasteiger partial charge in [-0.25, -0.2) is 0 Å². The summed E-state index contributed by atoms with van der Waals surface area (Å²) in [7, 11) is 3.49. The summed E-state index contributed by atoms with van der Waals surface area (Å²) in [6, 6.07) is 3.72. The summed E-state index contributed by atoms with van der Waals surface area (Å²) >= 11 is 1.46. The van der Waals surface area contributed by atoms with Crippen molar-refractivity contribution in [2.75, 3.05) is 60.2 Å². The highest BCUT2D eigenvalue weighted by Crippen LogP contribution is 2.16. The fourth-order valence-corrected chi connectivity index (χ4v) is 3.51. The maximum absolute atomic E-state index is 11.9. The van der Waals surface area contributed by atoms with Gasteiger partial charge < -0.3 is 25.0 Å². The Hall–Kier alpha value is -1.64. The fourth-order valence-electron chi connectivity index (χ4n) is 2.87.